The Morgan fingerprint density at radius 1 is 1.00 bits per heavy atom. The standard InChI is InChI=1S/C19H21N5O2/c20-17(11-15-7-3-1-4-8-15)12-18-21-22-23-24(18)13-19(25)26-14-16-9-5-2-6-10-16/h1-10,17H,11-14,20H2. The zero-order valence-electron chi connectivity index (χ0n) is 14.4. The number of hydrogen-bond donors (Lipinski definition) is 1. The van der Waals surface area contributed by atoms with E-state index in [-0.39, 0.29) is 25.2 Å². The van der Waals surface area contributed by atoms with Gasteiger partial charge in [-0.15, -0.1) is 5.10 Å². The summed E-state index contributed by atoms with van der Waals surface area (Å²) in [5.41, 5.74) is 8.29. The summed E-state index contributed by atoms with van der Waals surface area (Å²) in [4.78, 5) is 12.0. The molecular weight excluding hydrogens is 330 g/mol. The number of nitrogens with zero attached hydrogens (tertiary/aromatic N) is 4. The van der Waals surface area contributed by atoms with Crippen LogP contribution in [0, 0.1) is 0 Å². The van der Waals surface area contributed by atoms with E-state index in [0.29, 0.717) is 18.7 Å². The van der Waals surface area contributed by atoms with E-state index in [4.69, 9.17) is 10.5 Å². The molecule has 0 aliphatic carbocycles. The minimum absolute atomic E-state index is 0.0345. The Kier molecular flexibility index (Phi) is 6.05. The SMILES string of the molecule is NC(Cc1ccccc1)Cc1nnnn1CC(=O)OCc1ccccc1. The highest BCUT2D eigenvalue weighted by molar-refractivity contribution is 5.69. The first kappa shape index (κ1) is 17.8. The number of nitrogens with two attached hydrogens (primary N) is 1. The smallest absolute Gasteiger partial charge is 0.328 e. The van der Waals surface area contributed by atoms with Gasteiger partial charge in [-0.1, -0.05) is 60.7 Å². The molecule has 0 saturated carbocycles. The van der Waals surface area contributed by atoms with Crippen LogP contribution in [0.4, 0.5) is 0 Å². The predicted molar refractivity (Wildman–Crippen MR) is 95.9 cm³/mol. The molecular formula is C19H21N5O2. The van der Waals surface area contributed by atoms with Crippen LogP contribution in [0.2, 0.25) is 0 Å². The van der Waals surface area contributed by atoms with Gasteiger partial charge >= 0.3 is 5.97 Å². The van der Waals surface area contributed by atoms with Crippen LogP contribution in [-0.4, -0.2) is 32.2 Å². The zero-order chi connectivity index (χ0) is 18.2. The summed E-state index contributed by atoms with van der Waals surface area (Å²) in [5, 5.41) is 11.5. The van der Waals surface area contributed by atoms with Crippen molar-refractivity contribution in [3.8, 4) is 0 Å². The van der Waals surface area contributed by atoms with Crippen LogP contribution >= 0.6 is 0 Å². The maximum absolute atomic E-state index is 12.0. The molecule has 1 aromatic heterocycles. The summed E-state index contributed by atoms with van der Waals surface area (Å²) in [6.45, 7) is 0.192. The van der Waals surface area contributed by atoms with Gasteiger partial charge in [0.05, 0.1) is 0 Å². The average molecular weight is 351 g/mol. The fraction of sp³-hybridized carbons (Fsp3) is 0.263. The minimum Gasteiger partial charge on any atom is -0.459 e. The Morgan fingerprint density at radius 2 is 1.65 bits per heavy atom. The molecule has 26 heavy (non-hydrogen) atoms. The van der Waals surface area contributed by atoms with Crippen LogP contribution in [0.1, 0.15) is 17.0 Å². The summed E-state index contributed by atoms with van der Waals surface area (Å²) < 4.78 is 6.71. The van der Waals surface area contributed by atoms with Gasteiger partial charge in [-0.25, -0.2) is 4.68 Å². The number of esters is 1. The highest BCUT2D eigenvalue weighted by Gasteiger charge is 2.15. The quantitative estimate of drug-likeness (QED) is 0.618. The lowest BCUT2D eigenvalue weighted by Gasteiger charge is -2.11. The fourth-order valence-electron chi connectivity index (χ4n) is 2.62. The van der Waals surface area contributed by atoms with Crippen molar-refractivity contribution in [1.82, 2.24) is 20.2 Å². The Hall–Kier alpha value is -3.06. The van der Waals surface area contributed by atoms with E-state index in [2.05, 4.69) is 15.5 Å². The van der Waals surface area contributed by atoms with Crippen molar-refractivity contribution < 1.29 is 9.53 Å². The van der Waals surface area contributed by atoms with Crippen LogP contribution in [-0.2, 0) is 35.5 Å². The normalized spacial score (nSPS) is 11.9. The molecule has 134 valence electrons. The lowest BCUT2D eigenvalue weighted by molar-refractivity contribution is -0.146. The third-order valence-electron chi connectivity index (χ3n) is 3.91. The number of benzene rings is 2. The van der Waals surface area contributed by atoms with Crippen molar-refractivity contribution in [1.29, 1.82) is 0 Å². The van der Waals surface area contributed by atoms with Gasteiger partial charge in [0.2, 0.25) is 0 Å². The molecule has 0 saturated heterocycles. The molecule has 3 rings (SSSR count). The summed E-state index contributed by atoms with van der Waals surface area (Å²) in [6.07, 6.45) is 1.19. The topological polar surface area (TPSA) is 95.9 Å². The Bertz CT molecular complexity index is 820. The first-order chi connectivity index (χ1) is 12.7. The van der Waals surface area contributed by atoms with Gasteiger partial charge in [-0.05, 0) is 28.0 Å². The van der Waals surface area contributed by atoms with Gasteiger partial charge in [0.15, 0.2) is 5.82 Å². The van der Waals surface area contributed by atoms with Crippen LogP contribution in [0.15, 0.2) is 60.7 Å². The Balaban J connectivity index is 1.52. The van der Waals surface area contributed by atoms with E-state index in [0.717, 1.165) is 11.1 Å². The monoisotopic (exact) mass is 351 g/mol. The van der Waals surface area contributed by atoms with Crippen LogP contribution in [0.3, 0.4) is 0 Å². The van der Waals surface area contributed by atoms with E-state index < -0.39 is 0 Å². The number of aromatic nitrogens is 4. The number of carbonyl (C=O) groups is 1. The second-order valence-electron chi connectivity index (χ2n) is 6.05. The second-order valence-corrected chi connectivity index (χ2v) is 6.05. The van der Waals surface area contributed by atoms with Gasteiger partial charge in [-0.3, -0.25) is 4.79 Å². The van der Waals surface area contributed by atoms with Crippen LogP contribution in [0.25, 0.3) is 0 Å². The average Bonchev–Trinajstić information content (AvgIpc) is 3.08. The molecule has 0 aliphatic heterocycles. The number of carbonyl (C=O) groups excluding carboxylic acids is 1. The summed E-state index contributed by atoms with van der Waals surface area (Å²) >= 11 is 0. The summed E-state index contributed by atoms with van der Waals surface area (Å²) in [5.74, 6) is 0.184. The number of tetrazole rings is 1. The molecule has 0 spiro atoms. The summed E-state index contributed by atoms with van der Waals surface area (Å²) in [6, 6.07) is 19.4. The molecule has 0 amide bonds. The zero-order valence-corrected chi connectivity index (χ0v) is 14.4. The first-order valence-electron chi connectivity index (χ1n) is 8.45. The van der Waals surface area contributed by atoms with E-state index in [1.807, 2.05) is 60.7 Å². The molecule has 7 nitrogen and oxygen atoms in total. The number of ether oxygens (including phenoxy) is 1. The molecule has 1 atom stereocenters. The van der Waals surface area contributed by atoms with Gasteiger partial charge in [0, 0.05) is 12.5 Å². The number of hydrogen-bond acceptors (Lipinski definition) is 6. The molecule has 0 radical (unpaired) electrons. The van der Waals surface area contributed by atoms with Gasteiger partial charge in [-0.2, -0.15) is 0 Å². The third-order valence-corrected chi connectivity index (χ3v) is 3.91. The lowest BCUT2D eigenvalue weighted by Crippen LogP contribution is -2.28. The molecule has 2 N–H and O–H groups in total. The molecule has 1 unspecified atom stereocenters. The maximum atomic E-state index is 12.0. The van der Waals surface area contributed by atoms with Crippen LogP contribution in [0.5, 0.6) is 0 Å². The maximum Gasteiger partial charge on any atom is 0.328 e. The first-order valence-corrected chi connectivity index (χ1v) is 8.45. The molecule has 0 fully saturated rings. The lowest BCUT2D eigenvalue weighted by atomic mass is 10.0. The van der Waals surface area contributed by atoms with E-state index in [1.54, 1.807) is 0 Å². The predicted octanol–water partition coefficient (Wildman–Crippen LogP) is 1.53. The van der Waals surface area contributed by atoms with E-state index in [9.17, 15) is 4.79 Å². The van der Waals surface area contributed by atoms with Gasteiger partial charge in [0.25, 0.3) is 0 Å². The molecule has 0 bridgehead atoms. The molecule has 1 heterocycles. The summed E-state index contributed by atoms with van der Waals surface area (Å²) in [7, 11) is 0. The highest BCUT2D eigenvalue weighted by atomic mass is 16.5. The van der Waals surface area contributed by atoms with Crippen LogP contribution < -0.4 is 5.73 Å². The second kappa shape index (κ2) is 8.87. The molecule has 3 aromatic rings. The van der Waals surface area contributed by atoms with E-state index in [1.165, 1.54) is 4.68 Å². The van der Waals surface area contributed by atoms with Gasteiger partial charge < -0.3 is 10.5 Å². The molecule has 0 aliphatic rings. The van der Waals surface area contributed by atoms with Gasteiger partial charge in [0.1, 0.15) is 13.2 Å². The largest absolute Gasteiger partial charge is 0.459 e. The van der Waals surface area contributed by atoms with Crippen molar-refractivity contribution >= 4 is 5.97 Å². The third kappa shape index (κ3) is 5.22. The number of rotatable bonds is 8. The fourth-order valence-corrected chi connectivity index (χ4v) is 2.62. The highest BCUT2D eigenvalue weighted by Crippen LogP contribution is 2.06. The van der Waals surface area contributed by atoms with E-state index >= 15 is 0 Å². The van der Waals surface area contributed by atoms with Crippen molar-refractivity contribution in [2.24, 2.45) is 5.73 Å². The Morgan fingerprint density at radius 3 is 2.35 bits per heavy atom. The minimum atomic E-state index is -0.390. The van der Waals surface area contributed by atoms with Crippen molar-refractivity contribution in [2.75, 3.05) is 0 Å². The molecule has 7 heteroatoms. The Labute approximate surface area is 151 Å². The van der Waals surface area contributed by atoms with Crippen molar-refractivity contribution in [3.05, 3.63) is 77.6 Å². The molecule has 2 aromatic carbocycles. The van der Waals surface area contributed by atoms with Crippen molar-refractivity contribution in [3.63, 3.8) is 0 Å². The van der Waals surface area contributed by atoms with Crippen molar-refractivity contribution in [2.45, 2.75) is 32.0 Å².